The van der Waals surface area contributed by atoms with Crippen molar-refractivity contribution < 1.29 is 4.52 Å². The standard InChI is InChI=1S/C23H17BrN2O/c24-20-13-11-17(12-14-20)16-25-23(19-9-5-2-6-10-19)21-15-22(27-26-21)18-7-3-1-4-8-18/h1-16,23H. The van der Waals surface area contributed by atoms with Crippen LogP contribution in [-0.2, 0) is 0 Å². The molecular weight excluding hydrogens is 400 g/mol. The maximum absolute atomic E-state index is 5.59. The first-order valence-corrected chi connectivity index (χ1v) is 9.44. The molecule has 27 heavy (non-hydrogen) atoms. The van der Waals surface area contributed by atoms with Crippen LogP contribution in [0, 0.1) is 0 Å². The van der Waals surface area contributed by atoms with E-state index >= 15 is 0 Å². The third kappa shape index (κ3) is 4.23. The fraction of sp³-hybridized carbons (Fsp3) is 0.0435. The average Bonchev–Trinajstić information content (AvgIpc) is 3.21. The van der Waals surface area contributed by atoms with Gasteiger partial charge in [0.2, 0.25) is 0 Å². The van der Waals surface area contributed by atoms with Crippen molar-refractivity contribution in [2.45, 2.75) is 6.04 Å². The van der Waals surface area contributed by atoms with E-state index < -0.39 is 0 Å². The first-order chi connectivity index (χ1) is 13.3. The zero-order valence-electron chi connectivity index (χ0n) is 14.5. The van der Waals surface area contributed by atoms with Gasteiger partial charge in [-0.05, 0) is 23.3 Å². The molecule has 1 aromatic heterocycles. The van der Waals surface area contributed by atoms with Crippen LogP contribution < -0.4 is 0 Å². The second kappa shape index (κ2) is 8.14. The molecule has 0 N–H and O–H groups in total. The molecule has 1 atom stereocenters. The van der Waals surface area contributed by atoms with E-state index in [1.165, 1.54) is 0 Å². The maximum atomic E-state index is 5.59. The van der Waals surface area contributed by atoms with Crippen molar-refractivity contribution in [3.8, 4) is 11.3 Å². The summed E-state index contributed by atoms with van der Waals surface area (Å²) in [5.41, 5.74) is 3.89. The summed E-state index contributed by atoms with van der Waals surface area (Å²) >= 11 is 3.46. The van der Waals surface area contributed by atoms with Gasteiger partial charge in [0.25, 0.3) is 0 Å². The molecule has 1 unspecified atom stereocenters. The van der Waals surface area contributed by atoms with E-state index in [9.17, 15) is 0 Å². The highest BCUT2D eigenvalue weighted by atomic mass is 79.9. The van der Waals surface area contributed by atoms with Crippen LogP contribution >= 0.6 is 15.9 Å². The molecule has 0 saturated carbocycles. The Morgan fingerprint density at radius 2 is 1.52 bits per heavy atom. The molecule has 4 aromatic rings. The number of hydrogen-bond donors (Lipinski definition) is 0. The van der Waals surface area contributed by atoms with Crippen LogP contribution in [0.3, 0.4) is 0 Å². The molecule has 0 bridgehead atoms. The summed E-state index contributed by atoms with van der Waals surface area (Å²) in [5.74, 6) is 0.741. The molecule has 3 aromatic carbocycles. The number of aliphatic imine (C=N–C) groups is 1. The van der Waals surface area contributed by atoms with Gasteiger partial charge in [-0.3, -0.25) is 4.99 Å². The third-order valence-electron chi connectivity index (χ3n) is 4.22. The van der Waals surface area contributed by atoms with Crippen molar-refractivity contribution in [2.75, 3.05) is 0 Å². The fourth-order valence-corrected chi connectivity index (χ4v) is 3.10. The Labute approximate surface area is 166 Å². The summed E-state index contributed by atoms with van der Waals surface area (Å²) in [7, 11) is 0. The normalized spacial score (nSPS) is 12.3. The number of benzene rings is 3. The number of rotatable bonds is 5. The lowest BCUT2D eigenvalue weighted by molar-refractivity contribution is 0.420. The summed E-state index contributed by atoms with van der Waals surface area (Å²) < 4.78 is 6.64. The molecule has 0 aliphatic heterocycles. The lowest BCUT2D eigenvalue weighted by Gasteiger charge is -2.09. The summed E-state index contributed by atoms with van der Waals surface area (Å²) in [5, 5.41) is 4.30. The summed E-state index contributed by atoms with van der Waals surface area (Å²) in [6.45, 7) is 0. The average molecular weight is 417 g/mol. The monoisotopic (exact) mass is 416 g/mol. The van der Waals surface area contributed by atoms with E-state index in [4.69, 9.17) is 9.52 Å². The van der Waals surface area contributed by atoms with Gasteiger partial charge in [0.05, 0.1) is 0 Å². The summed E-state index contributed by atoms with van der Waals surface area (Å²) in [6.07, 6.45) is 1.88. The van der Waals surface area contributed by atoms with Crippen molar-refractivity contribution >= 4 is 22.1 Å². The molecule has 0 fully saturated rings. The van der Waals surface area contributed by atoms with E-state index in [0.29, 0.717) is 0 Å². The van der Waals surface area contributed by atoms with E-state index in [0.717, 1.165) is 32.6 Å². The zero-order valence-corrected chi connectivity index (χ0v) is 16.1. The van der Waals surface area contributed by atoms with Crippen molar-refractivity contribution in [2.24, 2.45) is 4.99 Å². The molecule has 132 valence electrons. The first-order valence-electron chi connectivity index (χ1n) is 8.65. The van der Waals surface area contributed by atoms with Crippen LogP contribution in [0.4, 0.5) is 0 Å². The van der Waals surface area contributed by atoms with Gasteiger partial charge in [-0.25, -0.2) is 0 Å². The summed E-state index contributed by atoms with van der Waals surface area (Å²) in [6, 6.07) is 29.9. The van der Waals surface area contributed by atoms with Crippen LogP contribution in [-0.4, -0.2) is 11.4 Å². The molecule has 0 amide bonds. The molecule has 0 spiro atoms. The van der Waals surface area contributed by atoms with E-state index in [1.54, 1.807) is 0 Å². The number of nitrogens with zero attached hydrogens (tertiary/aromatic N) is 2. The van der Waals surface area contributed by atoms with Crippen molar-refractivity contribution in [1.29, 1.82) is 0 Å². The predicted molar refractivity (Wildman–Crippen MR) is 112 cm³/mol. The number of halogens is 1. The second-order valence-corrected chi connectivity index (χ2v) is 7.04. The Morgan fingerprint density at radius 1 is 0.852 bits per heavy atom. The lowest BCUT2D eigenvalue weighted by atomic mass is 10.0. The minimum Gasteiger partial charge on any atom is -0.356 e. The van der Waals surface area contributed by atoms with Crippen LogP contribution in [0.25, 0.3) is 11.3 Å². The van der Waals surface area contributed by atoms with Gasteiger partial charge in [-0.1, -0.05) is 93.9 Å². The molecule has 0 radical (unpaired) electrons. The summed E-state index contributed by atoms with van der Waals surface area (Å²) in [4.78, 5) is 4.81. The Bertz CT molecular complexity index is 1020. The van der Waals surface area contributed by atoms with Crippen molar-refractivity contribution in [3.05, 3.63) is 112 Å². The molecule has 1 heterocycles. The van der Waals surface area contributed by atoms with Gasteiger partial charge in [-0.2, -0.15) is 0 Å². The van der Waals surface area contributed by atoms with Gasteiger partial charge in [0.1, 0.15) is 11.7 Å². The van der Waals surface area contributed by atoms with Crippen molar-refractivity contribution in [3.63, 3.8) is 0 Å². The molecule has 0 aliphatic rings. The Morgan fingerprint density at radius 3 is 2.22 bits per heavy atom. The van der Waals surface area contributed by atoms with Crippen molar-refractivity contribution in [1.82, 2.24) is 5.16 Å². The topological polar surface area (TPSA) is 38.4 Å². The molecule has 4 rings (SSSR count). The molecule has 3 nitrogen and oxygen atoms in total. The molecule has 0 aliphatic carbocycles. The van der Waals surface area contributed by atoms with Gasteiger partial charge < -0.3 is 4.52 Å². The highest BCUT2D eigenvalue weighted by Gasteiger charge is 2.18. The van der Waals surface area contributed by atoms with E-state index in [1.807, 2.05) is 85.1 Å². The van der Waals surface area contributed by atoms with Crippen LogP contribution in [0.1, 0.15) is 22.9 Å². The fourth-order valence-electron chi connectivity index (χ4n) is 2.83. The number of hydrogen-bond acceptors (Lipinski definition) is 3. The van der Waals surface area contributed by atoms with Gasteiger partial charge >= 0.3 is 0 Å². The van der Waals surface area contributed by atoms with Gasteiger partial charge in [-0.15, -0.1) is 0 Å². The van der Waals surface area contributed by atoms with Gasteiger partial charge in [0, 0.05) is 22.3 Å². The van der Waals surface area contributed by atoms with Gasteiger partial charge in [0.15, 0.2) is 5.76 Å². The quantitative estimate of drug-likeness (QED) is 0.357. The SMILES string of the molecule is Brc1ccc(C=NC(c2ccccc2)c2cc(-c3ccccc3)on2)cc1. The van der Waals surface area contributed by atoms with E-state index in [2.05, 4.69) is 33.2 Å². The van der Waals surface area contributed by atoms with Crippen LogP contribution in [0.15, 0.2) is 105 Å². The first kappa shape index (κ1) is 17.4. The smallest absolute Gasteiger partial charge is 0.167 e. The van der Waals surface area contributed by atoms with E-state index in [-0.39, 0.29) is 6.04 Å². The third-order valence-corrected chi connectivity index (χ3v) is 4.75. The Balaban J connectivity index is 1.68. The zero-order chi connectivity index (χ0) is 18.5. The molecular formula is C23H17BrN2O. The highest BCUT2D eigenvalue weighted by molar-refractivity contribution is 9.10. The second-order valence-electron chi connectivity index (χ2n) is 6.12. The maximum Gasteiger partial charge on any atom is 0.167 e. The lowest BCUT2D eigenvalue weighted by Crippen LogP contribution is -1.99. The Kier molecular flexibility index (Phi) is 5.26. The van der Waals surface area contributed by atoms with Crippen LogP contribution in [0.2, 0.25) is 0 Å². The molecule has 0 saturated heterocycles. The predicted octanol–water partition coefficient (Wildman–Crippen LogP) is 6.31. The highest BCUT2D eigenvalue weighted by Crippen LogP contribution is 2.29. The largest absolute Gasteiger partial charge is 0.356 e. The van der Waals surface area contributed by atoms with Crippen LogP contribution in [0.5, 0.6) is 0 Å². The minimum absolute atomic E-state index is 0.226. The molecule has 4 heteroatoms. The number of aromatic nitrogens is 1. The minimum atomic E-state index is -0.226. The Hall–Kier alpha value is -2.98.